The standard InChI is InChI=1S/C20H34N4O4S.HI/c1-6-21-20(22-14-16-9-11-24(12-10-16)29(5,25)26)23(2)15-17-7-8-18(27-3)13-19(17)28-4;/h7-8,13,16H,6,9-12,14-15H2,1-5H3,(H,21,22);1H. The minimum absolute atomic E-state index is 0. The van der Waals surface area contributed by atoms with Crippen molar-refractivity contribution in [1.82, 2.24) is 14.5 Å². The predicted molar refractivity (Wildman–Crippen MR) is 132 cm³/mol. The van der Waals surface area contributed by atoms with Crippen molar-refractivity contribution in [2.75, 3.05) is 53.7 Å². The number of benzene rings is 1. The van der Waals surface area contributed by atoms with E-state index in [0.717, 1.165) is 42.4 Å². The van der Waals surface area contributed by atoms with E-state index in [2.05, 4.69) is 10.2 Å². The van der Waals surface area contributed by atoms with E-state index < -0.39 is 10.0 Å². The molecule has 0 spiro atoms. The van der Waals surface area contributed by atoms with E-state index in [-0.39, 0.29) is 24.0 Å². The van der Waals surface area contributed by atoms with Crippen molar-refractivity contribution < 1.29 is 17.9 Å². The van der Waals surface area contributed by atoms with Crippen LogP contribution in [0, 0.1) is 5.92 Å². The average Bonchev–Trinajstić information content (AvgIpc) is 2.70. The zero-order valence-electron chi connectivity index (χ0n) is 18.6. The van der Waals surface area contributed by atoms with Crippen molar-refractivity contribution in [3.63, 3.8) is 0 Å². The van der Waals surface area contributed by atoms with Gasteiger partial charge in [0.15, 0.2) is 5.96 Å². The minimum Gasteiger partial charge on any atom is -0.497 e. The molecule has 8 nitrogen and oxygen atoms in total. The fourth-order valence-electron chi connectivity index (χ4n) is 3.42. The first kappa shape index (κ1) is 26.8. The third kappa shape index (κ3) is 7.77. The molecule has 1 aliphatic heterocycles. The summed E-state index contributed by atoms with van der Waals surface area (Å²) >= 11 is 0. The molecule has 0 bridgehead atoms. The van der Waals surface area contributed by atoms with Gasteiger partial charge in [0, 0.05) is 51.4 Å². The number of sulfonamides is 1. The zero-order chi connectivity index (χ0) is 21.4. The number of hydrogen-bond acceptors (Lipinski definition) is 5. The van der Waals surface area contributed by atoms with E-state index in [0.29, 0.717) is 32.1 Å². The van der Waals surface area contributed by atoms with Crippen LogP contribution in [0.4, 0.5) is 0 Å². The summed E-state index contributed by atoms with van der Waals surface area (Å²) in [5, 5.41) is 3.34. The van der Waals surface area contributed by atoms with Crippen LogP contribution < -0.4 is 14.8 Å². The maximum atomic E-state index is 11.7. The van der Waals surface area contributed by atoms with Crippen molar-refractivity contribution in [2.24, 2.45) is 10.9 Å². The summed E-state index contributed by atoms with van der Waals surface area (Å²) in [6.07, 6.45) is 2.95. The van der Waals surface area contributed by atoms with Crippen molar-refractivity contribution in [3.8, 4) is 11.5 Å². The lowest BCUT2D eigenvalue weighted by atomic mass is 9.98. The first-order chi connectivity index (χ1) is 13.8. The van der Waals surface area contributed by atoms with Gasteiger partial charge in [-0.15, -0.1) is 24.0 Å². The van der Waals surface area contributed by atoms with Crippen LogP contribution in [0.25, 0.3) is 0 Å². The third-order valence-corrected chi connectivity index (χ3v) is 6.44. The van der Waals surface area contributed by atoms with Gasteiger partial charge in [-0.25, -0.2) is 12.7 Å². The molecule has 10 heteroatoms. The highest BCUT2D eigenvalue weighted by Crippen LogP contribution is 2.25. The Hall–Kier alpha value is -1.27. The Bertz CT molecular complexity index is 796. The number of aliphatic imine (C=N–C) groups is 1. The molecule has 30 heavy (non-hydrogen) atoms. The first-order valence-electron chi connectivity index (χ1n) is 9.94. The Labute approximate surface area is 198 Å². The first-order valence-corrected chi connectivity index (χ1v) is 11.8. The molecule has 0 saturated carbocycles. The molecule has 0 radical (unpaired) electrons. The van der Waals surface area contributed by atoms with Gasteiger partial charge in [-0.2, -0.15) is 0 Å². The number of piperidine rings is 1. The quantitative estimate of drug-likeness (QED) is 0.302. The molecule has 1 aromatic rings. The van der Waals surface area contributed by atoms with Crippen LogP contribution in [0.2, 0.25) is 0 Å². The van der Waals surface area contributed by atoms with Crippen LogP contribution in [-0.2, 0) is 16.6 Å². The van der Waals surface area contributed by atoms with Gasteiger partial charge in [0.05, 0.1) is 20.5 Å². The number of nitrogens with one attached hydrogen (secondary N) is 1. The lowest BCUT2D eigenvalue weighted by Crippen LogP contribution is -2.40. The Morgan fingerprint density at radius 3 is 2.47 bits per heavy atom. The molecule has 0 aliphatic carbocycles. The summed E-state index contributed by atoms with van der Waals surface area (Å²) in [6.45, 7) is 5.30. The molecule has 1 saturated heterocycles. The van der Waals surface area contributed by atoms with E-state index in [1.54, 1.807) is 18.5 Å². The molecule has 0 amide bonds. The SMILES string of the molecule is CCNC(=NCC1CCN(S(C)(=O)=O)CC1)N(C)Cc1ccc(OC)cc1OC.I. The molecule has 1 aromatic carbocycles. The van der Waals surface area contributed by atoms with Crippen molar-refractivity contribution in [2.45, 2.75) is 26.3 Å². The van der Waals surface area contributed by atoms with E-state index >= 15 is 0 Å². The van der Waals surface area contributed by atoms with E-state index in [1.165, 1.54) is 6.26 Å². The van der Waals surface area contributed by atoms with Crippen LogP contribution in [-0.4, -0.2) is 77.3 Å². The summed E-state index contributed by atoms with van der Waals surface area (Å²) in [5.74, 6) is 2.76. The molecule has 1 heterocycles. The maximum absolute atomic E-state index is 11.7. The Morgan fingerprint density at radius 1 is 1.27 bits per heavy atom. The van der Waals surface area contributed by atoms with Crippen LogP contribution in [0.1, 0.15) is 25.3 Å². The lowest BCUT2D eigenvalue weighted by Gasteiger charge is -2.30. The van der Waals surface area contributed by atoms with Crippen molar-refractivity contribution in [1.29, 1.82) is 0 Å². The second-order valence-corrected chi connectivity index (χ2v) is 9.32. The number of guanidine groups is 1. The number of methoxy groups -OCH3 is 2. The van der Waals surface area contributed by atoms with Gasteiger partial charge in [-0.05, 0) is 37.8 Å². The number of halogens is 1. The summed E-state index contributed by atoms with van der Waals surface area (Å²) < 4.78 is 35.6. The average molecular weight is 554 g/mol. The number of nitrogens with zero attached hydrogens (tertiary/aromatic N) is 3. The smallest absolute Gasteiger partial charge is 0.211 e. The summed E-state index contributed by atoms with van der Waals surface area (Å²) in [7, 11) is 2.19. The normalized spacial score (nSPS) is 16.0. The minimum atomic E-state index is -3.09. The Kier molecular flexibility index (Phi) is 11.2. The fraction of sp³-hybridized carbons (Fsp3) is 0.650. The van der Waals surface area contributed by atoms with E-state index in [9.17, 15) is 8.42 Å². The van der Waals surface area contributed by atoms with Crippen LogP contribution >= 0.6 is 24.0 Å². The topological polar surface area (TPSA) is 83.5 Å². The highest BCUT2D eigenvalue weighted by atomic mass is 127. The number of ether oxygens (including phenoxy) is 2. The van der Waals surface area contributed by atoms with Crippen LogP contribution in [0.3, 0.4) is 0 Å². The highest BCUT2D eigenvalue weighted by molar-refractivity contribution is 14.0. The van der Waals surface area contributed by atoms with E-state index in [4.69, 9.17) is 14.5 Å². The van der Waals surface area contributed by atoms with Gasteiger partial charge in [0.25, 0.3) is 0 Å². The van der Waals surface area contributed by atoms with Gasteiger partial charge in [0.2, 0.25) is 10.0 Å². The fourth-order valence-corrected chi connectivity index (χ4v) is 4.30. The monoisotopic (exact) mass is 554 g/mol. The highest BCUT2D eigenvalue weighted by Gasteiger charge is 2.24. The van der Waals surface area contributed by atoms with Crippen LogP contribution in [0.5, 0.6) is 11.5 Å². The van der Waals surface area contributed by atoms with Crippen molar-refractivity contribution in [3.05, 3.63) is 23.8 Å². The molecular formula is C20H35IN4O4S. The molecule has 1 aliphatic rings. The molecule has 1 N–H and O–H groups in total. The predicted octanol–water partition coefficient (Wildman–Crippen LogP) is 2.39. The molecule has 2 rings (SSSR count). The molecular weight excluding hydrogens is 519 g/mol. The second-order valence-electron chi connectivity index (χ2n) is 7.33. The maximum Gasteiger partial charge on any atom is 0.211 e. The van der Waals surface area contributed by atoms with Gasteiger partial charge in [-0.3, -0.25) is 4.99 Å². The van der Waals surface area contributed by atoms with Gasteiger partial charge >= 0.3 is 0 Å². The number of rotatable bonds is 8. The third-order valence-electron chi connectivity index (χ3n) is 5.14. The summed E-state index contributed by atoms with van der Waals surface area (Å²) in [5.41, 5.74) is 1.04. The molecule has 0 unspecified atom stereocenters. The zero-order valence-corrected chi connectivity index (χ0v) is 21.7. The van der Waals surface area contributed by atoms with Gasteiger partial charge in [0.1, 0.15) is 11.5 Å². The Balaban J connectivity index is 0.00000450. The van der Waals surface area contributed by atoms with Gasteiger partial charge in [-0.1, -0.05) is 0 Å². The summed E-state index contributed by atoms with van der Waals surface area (Å²) in [6, 6.07) is 5.80. The molecule has 0 atom stereocenters. The Morgan fingerprint density at radius 2 is 1.93 bits per heavy atom. The lowest BCUT2D eigenvalue weighted by molar-refractivity contribution is 0.279. The van der Waals surface area contributed by atoms with Crippen molar-refractivity contribution >= 4 is 40.0 Å². The molecule has 1 fully saturated rings. The second kappa shape index (κ2) is 12.6. The molecule has 172 valence electrons. The largest absolute Gasteiger partial charge is 0.497 e. The number of hydrogen-bond donors (Lipinski definition) is 1. The van der Waals surface area contributed by atoms with E-state index in [1.807, 2.05) is 32.2 Å². The van der Waals surface area contributed by atoms with Gasteiger partial charge < -0.3 is 19.7 Å². The summed E-state index contributed by atoms with van der Waals surface area (Å²) in [4.78, 5) is 6.88. The van der Waals surface area contributed by atoms with Crippen LogP contribution in [0.15, 0.2) is 23.2 Å². The molecule has 0 aromatic heterocycles.